The van der Waals surface area contributed by atoms with Gasteiger partial charge in [-0.3, -0.25) is 4.79 Å². The third-order valence-corrected chi connectivity index (χ3v) is 2.38. The molecule has 0 heterocycles. The molecule has 0 amide bonds. The predicted molar refractivity (Wildman–Crippen MR) is 61.2 cm³/mol. The van der Waals surface area contributed by atoms with Crippen LogP contribution in [0.3, 0.4) is 0 Å². The summed E-state index contributed by atoms with van der Waals surface area (Å²) in [6, 6.07) is 7.64. The van der Waals surface area contributed by atoms with E-state index in [0.29, 0.717) is 6.42 Å². The highest BCUT2D eigenvalue weighted by Gasteiger charge is 2.22. The van der Waals surface area contributed by atoms with Crippen LogP contribution >= 0.6 is 0 Å². The Balaban J connectivity index is 2.85. The van der Waals surface area contributed by atoms with E-state index < -0.39 is 0 Å². The van der Waals surface area contributed by atoms with Crippen molar-refractivity contribution in [1.82, 2.24) is 0 Å². The Labute approximate surface area is 91.3 Å². The fourth-order valence-corrected chi connectivity index (χ4v) is 1.29. The van der Waals surface area contributed by atoms with Crippen LogP contribution in [0.15, 0.2) is 24.3 Å². The quantitative estimate of drug-likeness (QED) is 0.760. The summed E-state index contributed by atoms with van der Waals surface area (Å²) in [6.45, 7) is 5.81. The number of hydrogen-bond donors (Lipinski definition) is 0. The molecule has 0 aromatic heterocycles. The highest BCUT2D eigenvalue weighted by atomic mass is 16.5. The molecule has 0 radical (unpaired) electrons. The summed E-state index contributed by atoms with van der Waals surface area (Å²) in [7, 11) is 1.63. The summed E-state index contributed by atoms with van der Waals surface area (Å²) in [5, 5.41) is 0. The number of methoxy groups -OCH3 is 1. The lowest BCUT2D eigenvalue weighted by Crippen LogP contribution is -2.22. The molecule has 0 fully saturated rings. The minimum Gasteiger partial charge on any atom is -0.496 e. The fourth-order valence-electron chi connectivity index (χ4n) is 1.29. The van der Waals surface area contributed by atoms with Crippen molar-refractivity contribution in [3.8, 4) is 5.75 Å². The first-order valence-corrected chi connectivity index (χ1v) is 5.10. The number of carbonyl (C=O) groups excluding carboxylic acids is 1. The van der Waals surface area contributed by atoms with E-state index in [1.54, 1.807) is 7.11 Å². The summed E-state index contributed by atoms with van der Waals surface area (Å²) < 4.78 is 5.21. The number of rotatable bonds is 3. The first kappa shape index (κ1) is 11.8. The second-order valence-corrected chi connectivity index (χ2v) is 4.66. The Morgan fingerprint density at radius 2 is 1.87 bits per heavy atom. The maximum atomic E-state index is 11.8. The molecule has 1 aromatic carbocycles. The van der Waals surface area contributed by atoms with Gasteiger partial charge >= 0.3 is 0 Å². The molecule has 0 saturated heterocycles. The van der Waals surface area contributed by atoms with Crippen molar-refractivity contribution < 1.29 is 9.53 Å². The van der Waals surface area contributed by atoms with Crippen LogP contribution in [0.4, 0.5) is 0 Å². The number of ether oxygens (including phenoxy) is 1. The van der Waals surface area contributed by atoms with Gasteiger partial charge < -0.3 is 4.74 Å². The lowest BCUT2D eigenvalue weighted by Gasteiger charge is -2.17. The molecule has 0 aliphatic rings. The van der Waals surface area contributed by atoms with Crippen LogP contribution < -0.4 is 4.74 Å². The monoisotopic (exact) mass is 206 g/mol. The van der Waals surface area contributed by atoms with E-state index in [4.69, 9.17) is 4.74 Å². The van der Waals surface area contributed by atoms with Gasteiger partial charge in [-0.05, 0) is 6.07 Å². The maximum Gasteiger partial charge on any atom is 0.142 e. The van der Waals surface area contributed by atoms with Crippen LogP contribution in [0.2, 0.25) is 0 Å². The average Bonchev–Trinajstić information content (AvgIpc) is 2.17. The second kappa shape index (κ2) is 4.47. The highest BCUT2D eigenvalue weighted by Crippen LogP contribution is 2.23. The first-order valence-electron chi connectivity index (χ1n) is 5.10. The predicted octanol–water partition coefficient (Wildman–Crippen LogP) is 2.85. The first-order chi connectivity index (χ1) is 6.95. The molecule has 1 rings (SSSR count). The lowest BCUT2D eigenvalue weighted by atomic mass is 9.87. The molecular weight excluding hydrogens is 188 g/mol. The molecule has 2 heteroatoms. The smallest absolute Gasteiger partial charge is 0.142 e. The number of benzene rings is 1. The van der Waals surface area contributed by atoms with E-state index in [-0.39, 0.29) is 11.2 Å². The molecule has 15 heavy (non-hydrogen) atoms. The van der Waals surface area contributed by atoms with Crippen LogP contribution in [0.5, 0.6) is 5.75 Å². The van der Waals surface area contributed by atoms with Gasteiger partial charge in [0.2, 0.25) is 0 Å². The summed E-state index contributed by atoms with van der Waals surface area (Å²) >= 11 is 0. The van der Waals surface area contributed by atoms with Crippen molar-refractivity contribution >= 4 is 5.78 Å². The fraction of sp³-hybridized carbons (Fsp3) is 0.462. The minimum atomic E-state index is -0.291. The standard InChI is InChI=1S/C13H18O2/c1-13(2,3)12(14)9-10-7-5-6-8-11(10)15-4/h5-8H,9H2,1-4H3. The van der Waals surface area contributed by atoms with Crippen LogP contribution in [-0.4, -0.2) is 12.9 Å². The highest BCUT2D eigenvalue weighted by molar-refractivity contribution is 5.86. The number of hydrogen-bond acceptors (Lipinski definition) is 2. The Morgan fingerprint density at radius 3 is 2.40 bits per heavy atom. The minimum absolute atomic E-state index is 0.229. The van der Waals surface area contributed by atoms with E-state index in [9.17, 15) is 4.79 Å². The molecule has 0 saturated carbocycles. The van der Waals surface area contributed by atoms with Crippen LogP contribution in [-0.2, 0) is 11.2 Å². The number of para-hydroxylation sites is 1. The molecule has 0 aliphatic carbocycles. The molecule has 0 aliphatic heterocycles. The molecule has 0 N–H and O–H groups in total. The van der Waals surface area contributed by atoms with E-state index in [1.807, 2.05) is 45.0 Å². The zero-order valence-electron chi connectivity index (χ0n) is 9.83. The summed E-state index contributed by atoms with van der Waals surface area (Å²) in [6.07, 6.45) is 0.438. The van der Waals surface area contributed by atoms with E-state index in [2.05, 4.69) is 0 Å². The molecule has 82 valence electrons. The van der Waals surface area contributed by atoms with Crippen LogP contribution in [0, 0.1) is 5.41 Å². The molecule has 0 atom stereocenters. The topological polar surface area (TPSA) is 26.3 Å². The number of carbonyl (C=O) groups is 1. The third-order valence-electron chi connectivity index (χ3n) is 2.38. The lowest BCUT2D eigenvalue weighted by molar-refractivity contribution is -0.125. The zero-order valence-corrected chi connectivity index (χ0v) is 9.83. The van der Waals surface area contributed by atoms with Gasteiger partial charge in [0.15, 0.2) is 0 Å². The molecule has 1 aromatic rings. The molecular formula is C13H18O2. The molecule has 0 spiro atoms. The van der Waals surface area contributed by atoms with Gasteiger partial charge in [0.05, 0.1) is 7.11 Å². The van der Waals surface area contributed by atoms with E-state index >= 15 is 0 Å². The van der Waals surface area contributed by atoms with Gasteiger partial charge in [0.1, 0.15) is 11.5 Å². The van der Waals surface area contributed by atoms with Crippen molar-refractivity contribution in [2.45, 2.75) is 27.2 Å². The van der Waals surface area contributed by atoms with Crippen molar-refractivity contribution in [3.63, 3.8) is 0 Å². The SMILES string of the molecule is COc1ccccc1CC(=O)C(C)(C)C. The Kier molecular flexibility index (Phi) is 3.51. The van der Waals surface area contributed by atoms with Crippen molar-refractivity contribution in [1.29, 1.82) is 0 Å². The summed E-state index contributed by atoms with van der Waals surface area (Å²) in [5.74, 6) is 1.02. The second-order valence-electron chi connectivity index (χ2n) is 4.66. The number of Topliss-reactive ketones (excluding diaryl/α,β-unsaturated/α-hetero) is 1. The van der Waals surface area contributed by atoms with Crippen molar-refractivity contribution in [2.75, 3.05) is 7.11 Å². The maximum absolute atomic E-state index is 11.8. The van der Waals surface area contributed by atoms with Crippen molar-refractivity contribution in [2.24, 2.45) is 5.41 Å². The van der Waals surface area contributed by atoms with Crippen LogP contribution in [0.25, 0.3) is 0 Å². The molecule has 0 bridgehead atoms. The third kappa shape index (κ3) is 3.08. The van der Waals surface area contributed by atoms with Crippen molar-refractivity contribution in [3.05, 3.63) is 29.8 Å². The molecule has 0 unspecified atom stereocenters. The number of ketones is 1. The van der Waals surface area contributed by atoms with Gasteiger partial charge in [-0.15, -0.1) is 0 Å². The average molecular weight is 206 g/mol. The van der Waals surface area contributed by atoms with Gasteiger partial charge in [0.25, 0.3) is 0 Å². The van der Waals surface area contributed by atoms with Gasteiger partial charge in [-0.2, -0.15) is 0 Å². The summed E-state index contributed by atoms with van der Waals surface area (Å²) in [5.41, 5.74) is 0.667. The van der Waals surface area contributed by atoms with E-state index in [1.165, 1.54) is 0 Å². The molecule has 2 nitrogen and oxygen atoms in total. The zero-order chi connectivity index (χ0) is 11.5. The van der Waals surface area contributed by atoms with Gasteiger partial charge in [0, 0.05) is 17.4 Å². The normalized spacial score (nSPS) is 11.2. The van der Waals surface area contributed by atoms with Gasteiger partial charge in [-0.25, -0.2) is 0 Å². The Hall–Kier alpha value is -1.31. The Bertz CT molecular complexity index is 348. The summed E-state index contributed by atoms with van der Waals surface area (Å²) in [4.78, 5) is 11.8. The van der Waals surface area contributed by atoms with Crippen LogP contribution in [0.1, 0.15) is 26.3 Å². The largest absolute Gasteiger partial charge is 0.496 e. The van der Waals surface area contributed by atoms with E-state index in [0.717, 1.165) is 11.3 Å². The van der Waals surface area contributed by atoms with Gasteiger partial charge in [-0.1, -0.05) is 39.0 Å². The Morgan fingerprint density at radius 1 is 1.27 bits per heavy atom.